The van der Waals surface area contributed by atoms with Gasteiger partial charge in [0.2, 0.25) is 0 Å². The van der Waals surface area contributed by atoms with Gasteiger partial charge in [-0.05, 0) is 19.1 Å². The standard InChI is InChI=1S/C13H17ClN6O/c1-3-15-10-5-4-9(14)12(18-10)13(21)16-7-6-11-19-17-8-20(11)2/h4-5,8H,3,6-7H2,1-2H3,(H,15,18)(H,16,21). The fourth-order valence-corrected chi connectivity index (χ4v) is 1.98. The second-order valence-corrected chi connectivity index (χ2v) is 4.83. The topological polar surface area (TPSA) is 84.7 Å². The summed E-state index contributed by atoms with van der Waals surface area (Å²) in [6.07, 6.45) is 2.21. The smallest absolute Gasteiger partial charge is 0.271 e. The van der Waals surface area contributed by atoms with Crippen LogP contribution in [0.1, 0.15) is 23.2 Å². The first-order valence-corrected chi connectivity index (χ1v) is 7.01. The number of amides is 1. The Hall–Kier alpha value is -2.15. The predicted molar refractivity (Wildman–Crippen MR) is 80.5 cm³/mol. The average molecular weight is 309 g/mol. The fraction of sp³-hybridized carbons (Fsp3) is 0.385. The lowest BCUT2D eigenvalue weighted by molar-refractivity contribution is 0.0949. The van der Waals surface area contributed by atoms with Crippen molar-refractivity contribution in [2.75, 3.05) is 18.4 Å². The Kier molecular flexibility index (Phi) is 5.10. The maximum Gasteiger partial charge on any atom is 0.271 e. The van der Waals surface area contributed by atoms with Crippen LogP contribution in [0.3, 0.4) is 0 Å². The third-order valence-corrected chi connectivity index (χ3v) is 3.16. The number of halogens is 1. The SMILES string of the molecule is CCNc1ccc(Cl)c(C(=O)NCCc2nncn2C)n1. The monoisotopic (exact) mass is 308 g/mol. The summed E-state index contributed by atoms with van der Waals surface area (Å²) < 4.78 is 1.81. The quantitative estimate of drug-likeness (QED) is 0.839. The number of carbonyl (C=O) groups is 1. The van der Waals surface area contributed by atoms with Crippen molar-refractivity contribution in [1.82, 2.24) is 25.1 Å². The molecular formula is C13H17ClN6O. The van der Waals surface area contributed by atoms with Crippen LogP contribution in [-0.4, -0.2) is 38.7 Å². The van der Waals surface area contributed by atoms with Gasteiger partial charge >= 0.3 is 0 Å². The molecule has 1 amide bonds. The van der Waals surface area contributed by atoms with E-state index in [0.717, 1.165) is 12.4 Å². The first kappa shape index (κ1) is 15.2. The van der Waals surface area contributed by atoms with E-state index in [1.54, 1.807) is 18.5 Å². The van der Waals surface area contributed by atoms with Crippen molar-refractivity contribution in [2.45, 2.75) is 13.3 Å². The number of rotatable bonds is 6. The zero-order valence-corrected chi connectivity index (χ0v) is 12.7. The van der Waals surface area contributed by atoms with E-state index in [1.807, 2.05) is 18.5 Å². The molecule has 0 aliphatic heterocycles. The summed E-state index contributed by atoms with van der Waals surface area (Å²) in [5.74, 6) is 1.12. The number of aryl methyl sites for hydroxylation is 1. The Bertz CT molecular complexity index is 627. The summed E-state index contributed by atoms with van der Waals surface area (Å²) in [4.78, 5) is 16.3. The molecule has 112 valence electrons. The van der Waals surface area contributed by atoms with Gasteiger partial charge in [0, 0.05) is 26.6 Å². The molecule has 0 aliphatic rings. The molecule has 2 N–H and O–H groups in total. The second kappa shape index (κ2) is 7.03. The lowest BCUT2D eigenvalue weighted by Gasteiger charge is -2.08. The van der Waals surface area contributed by atoms with Crippen molar-refractivity contribution in [3.05, 3.63) is 35.0 Å². The number of nitrogens with one attached hydrogen (secondary N) is 2. The Labute approximate surface area is 127 Å². The van der Waals surface area contributed by atoms with Crippen molar-refractivity contribution in [3.63, 3.8) is 0 Å². The maximum atomic E-state index is 12.1. The number of carbonyl (C=O) groups excluding carboxylic acids is 1. The van der Waals surface area contributed by atoms with E-state index in [1.165, 1.54) is 0 Å². The Balaban J connectivity index is 1.96. The van der Waals surface area contributed by atoms with Crippen molar-refractivity contribution < 1.29 is 4.79 Å². The highest BCUT2D eigenvalue weighted by atomic mass is 35.5. The first-order valence-electron chi connectivity index (χ1n) is 6.63. The second-order valence-electron chi connectivity index (χ2n) is 4.42. The third-order valence-electron chi connectivity index (χ3n) is 2.86. The van der Waals surface area contributed by atoms with E-state index < -0.39 is 0 Å². The fourth-order valence-electron chi connectivity index (χ4n) is 1.79. The van der Waals surface area contributed by atoms with E-state index >= 15 is 0 Å². The van der Waals surface area contributed by atoms with E-state index in [4.69, 9.17) is 11.6 Å². The molecule has 0 radical (unpaired) electrons. The van der Waals surface area contributed by atoms with Crippen LogP contribution in [0.2, 0.25) is 5.02 Å². The van der Waals surface area contributed by atoms with Crippen LogP contribution >= 0.6 is 11.6 Å². The van der Waals surface area contributed by atoms with E-state index in [-0.39, 0.29) is 11.6 Å². The van der Waals surface area contributed by atoms with Gasteiger partial charge in [-0.25, -0.2) is 4.98 Å². The molecule has 0 atom stereocenters. The molecule has 0 saturated heterocycles. The van der Waals surface area contributed by atoms with Crippen LogP contribution in [0.15, 0.2) is 18.5 Å². The number of nitrogens with zero attached hydrogens (tertiary/aromatic N) is 4. The number of aromatic nitrogens is 4. The van der Waals surface area contributed by atoms with Gasteiger partial charge in [-0.2, -0.15) is 0 Å². The minimum atomic E-state index is -0.304. The van der Waals surface area contributed by atoms with Gasteiger partial charge in [0.05, 0.1) is 5.02 Å². The third kappa shape index (κ3) is 3.91. The molecule has 0 unspecified atom stereocenters. The number of hydrogen-bond acceptors (Lipinski definition) is 5. The molecule has 7 nitrogen and oxygen atoms in total. The van der Waals surface area contributed by atoms with Crippen molar-refractivity contribution in [1.29, 1.82) is 0 Å². The summed E-state index contributed by atoms with van der Waals surface area (Å²) >= 11 is 6.02. The van der Waals surface area contributed by atoms with Gasteiger partial charge in [0.15, 0.2) is 0 Å². The van der Waals surface area contributed by atoms with Gasteiger partial charge in [-0.1, -0.05) is 11.6 Å². The summed E-state index contributed by atoms with van der Waals surface area (Å²) in [6, 6.07) is 3.40. The zero-order valence-electron chi connectivity index (χ0n) is 11.9. The Morgan fingerprint density at radius 2 is 2.24 bits per heavy atom. The largest absolute Gasteiger partial charge is 0.370 e. The summed E-state index contributed by atoms with van der Waals surface area (Å²) in [5, 5.41) is 13.9. The minimum Gasteiger partial charge on any atom is -0.370 e. The highest BCUT2D eigenvalue weighted by Gasteiger charge is 2.13. The summed E-state index contributed by atoms with van der Waals surface area (Å²) in [5.41, 5.74) is 0.216. The van der Waals surface area contributed by atoms with Crippen molar-refractivity contribution >= 4 is 23.3 Å². The molecule has 2 rings (SSSR count). The molecule has 0 aromatic carbocycles. The molecule has 0 aliphatic carbocycles. The van der Waals surface area contributed by atoms with Gasteiger partial charge in [-0.15, -0.1) is 10.2 Å². The molecule has 2 heterocycles. The first-order chi connectivity index (χ1) is 10.1. The van der Waals surface area contributed by atoms with Crippen molar-refractivity contribution in [2.24, 2.45) is 7.05 Å². The van der Waals surface area contributed by atoms with E-state index in [9.17, 15) is 4.79 Å². The number of hydrogen-bond donors (Lipinski definition) is 2. The molecule has 2 aromatic rings. The van der Waals surface area contributed by atoms with E-state index in [0.29, 0.717) is 23.8 Å². The molecule has 21 heavy (non-hydrogen) atoms. The summed E-state index contributed by atoms with van der Waals surface area (Å²) in [6.45, 7) is 3.12. The van der Waals surface area contributed by atoms with Crippen molar-refractivity contribution in [3.8, 4) is 0 Å². The Morgan fingerprint density at radius 3 is 2.90 bits per heavy atom. The van der Waals surface area contributed by atoms with Gasteiger partial charge < -0.3 is 15.2 Å². The molecule has 0 bridgehead atoms. The normalized spacial score (nSPS) is 10.4. The highest BCUT2D eigenvalue weighted by molar-refractivity contribution is 6.33. The maximum absolute atomic E-state index is 12.1. The van der Waals surface area contributed by atoms with Crippen LogP contribution in [0.4, 0.5) is 5.82 Å². The molecule has 8 heteroatoms. The van der Waals surface area contributed by atoms with Gasteiger partial charge in [-0.3, -0.25) is 4.79 Å². The number of anilines is 1. The average Bonchev–Trinajstić information content (AvgIpc) is 2.87. The number of pyridine rings is 1. The molecular weight excluding hydrogens is 292 g/mol. The van der Waals surface area contributed by atoms with Crippen LogP contribution in [0.5, 0.6) is 0 Å². The van der Waals surface area contributed by atoms with Crippen LogP contribution in [-0.2, 0) is 13.5 Å². The molecule has 2 aromatic heterocycles. The lowest BCUT2D eigenvalue weighted by atomic mass is 10.3. The predicted octanol–water partition coefficient (Wildman–Crippen LogP) is 1.27. The molecule has 0 fully saturated rings. The van der Waals surface area contributed by atoms with E-state index in [2.05, 4.69) is 25.8 Å². The zero-order chi connectivity index (χ0) is 15.2. The minimum absolute atomic E-state index is 0.216. The van der Waals surface area contributed by atoms with Crippen LogP contribution in [0, 0.1) is 0 Å². The molecule has 0 spiro atoms. The van der Waals surface area contributed by atoms with Gasteiger partial charge in [0.25, 0.3) is 5.91 Å². The van der Waals surface area contributed by atoms with Crippen LogP contribution in [0.25, 0.3) is 0 Å². The molecule has 0 saturated carbocycles. The van der Waals surface area contributed by atoms with Gasteiger partial charge in [0.1, 0.15) is 23.7 Å². The lowest BCUT2D eigenvalue weighted by Crippen LogP contribution is -2.27. The van der Waals surface area contributed by atoms with Crippen LogP contribution < -0.4 is 10.6 Å². The highest BCUT2D eigenvalue weighted by Crippen LogP contribution is 2.16. The Morgan fingerprint density at radius 1 is 1.43 bits per heavy atom. The summed E-state index contributed by atoms with van der Waals surface area (Å²) in [7, 11) is 1.86.